The molecule has 0 heteroatoms. The topological polar surface area (TPSA) is 0 Å². The van der Waals surface area contributed by atoms with Crippen LogP contribution in [0.5, 0.6) is 0 Å². The largest absolute Gasteiger partial charge is 0.0622 e. The highest BCUT2D eigenvalue weighted by Crippen LogP contribution is 2.43. The Hall–Kier alpha value is 0. The molecular formula is C11H20. The molecule has 0 heterocycles. The molecular weight excluding hydrogens is 132 g/mol. The van der Waals surface area contributed by atoms with Crippen molar-refractivity contribution in [3.63, 3.8) is 0 Å². The lowest BCUT2D eigenvalue weighted by Gasteiger charge is -2.39. The van der Waals surface area contributed by atoms with Gasteiger partial charge in [0.05, 0.1) is 0 Å². The Morgan fingerprint density at radius 2 is 1.55 bits per heavy atom. The molecule has 0 aromatic rings. The van der Waals surface area contributed by atoms with Gasteiger partial charge in [-0.05, 0) is 24.2 Å². The molecule has 0 radical (unpaired) electrons. The predicted molar refractivity (Wildman–Crippen MR) is 48.5 cm³/mol. The Balaban J connectivity index is 1.99. The highest BCUT2D eigenvalue weighted by molar-refractivity contribution is 4.82. The smallest absolute Gasteiger partial charge is 0.0360 e. The molecule has 0 aromatic carbocycles. The fraction of sp³-hybridized carbons (Fsp3) is 1.00. The van der Waals surface area contributed by atoms with Gasteiger partial charge >= 0.3 is 0 Å². The van der Waals surface area contributed by atoms with Gasteiger partial charge in [-0.3, -0.25) is 0 Å². The van der Waals surface area contributed by atoms with Gasteiger partial charge in [-0.2, -0.15) is 0 Å². The Labute approximate surface area is 70.4 Å². The van der Waals surface area contributed by atoms with E-state index in [9.17, 15) is 0 Å². The summed E-state index contributed by atoms with van der Waals surface area (Å²) in [6, 6.07) is 0. The van der Waals surface area contributed by atoms with Gasteiger partial charge in [-0.25, -0.2) is 0 Å². The molecule has 0 aliphatic heterocycles. The maximum Gasteiger partial charge on any atom is -0.0360 e. The summed E-state index contributed by atoms with van der Waals surface area (Å²) in [5.74, 6) is 3.30. The number of rotatable bonds is 0. The van der Waals surface area contributed by atoms with Gasteiger partial charge in [0.25, 0.3) is 0 Å². The molecule has 0 bridgehead atoms. The molecule has 0 saturated heterocycles. The first-order valence-electron chi connectivity index (χ1n) is 5.38. The first-order chi connectivity index (χ1) is 5.38. The van der Waals surface area contributed by atoms with Crippen LogP contribution in [0.2, 0.25) is 0 Å². The molecule has 0 N–H and O–H groups in total. The van der Waals surface area contributed by atoms with Crippen molar-refractivity contribution in [2.75, 3.05) is 0 Å². The molecule has 0 aromatic heterocycles. The van der Waals surface area contributed by atoms with Crippen LogP contribution in [0.25, 0.3) is 0 Å². The minimum absolute atomic E-state index is 1.05. The lowest BCUT2D eigenvalue weighted by atomic mass is 9.66. The van der Waals surface area contributed by atoms with Crippen molar-refractivity contribution in [1.82, 2.24) is 0 Å². The first kappa shape index (κ1) is 7.64. The van der Waals surface area contributed by atoms with Crippen molar-refractivity contribution in [3.8, 4) is 0 Å². The Bertz CT molecular complexity index is 126. The lowest BCUT2D eigenvalue weighted by Crippen LogP contribution is -2.29. The van der Waals surface area contributed by atoms with Crippen molar-refractivity contribution in [2.45, 2.75) is 51.9 Å². The van der Waals surface area contributed by atoms with Gasteiger partial charge in [-0.15, -0.1) is 0 Å². The monoisotopic (exact) mass is 152 g/mol. The third kappa shape index (κ3) is 1.45. The molecule has 2 fully saturated rings. The van der Waals surface area contributed by atoms with Gasteiger partial charge in [0.2, 0.25) is 0 Å². The molecule has 2 aliphatic rings. The van der Waals surface area contributed by atoms with Crippen LogP contribution in [0, 0.1) is 17.8 Å². The summed E-state index contributed by atoms with van der Waals surface area (Å²) in [5.41, 5.74) is 0. The molecule has 11 heavy (non-hydrogen) atoms. The highest BCUT2D eigenvalue weighted by atomic mass is 14.4. The van der Waals surface area contributed by atoms with Crippen molar-refractivity contribution in [2.24, 2.45) is 17.8 Å². The molecule has 3 atom stereocenters. The van der Waals surface area contributed by atoms with Crippen molar-refractivity contribution < 1.29 is 0 Å². The van der Waals surface area contributed by atoms with Crippen molar-refractivity contribution in [1.29, 1.82) is 0 Å². The van der Waals surface area contributed by atoms with Crippen LogP contribution in [-0.2, 0) is 0 Å². The maximum atomic E-state index is 2.47. The van der Waals surface area contributed by atoms with Gasteiger partial charge in [-0.1, -0.05) is 45.4 Å². The summed E-state index contributed by atoms with van der Waals surface area (Å²) in [6.07, 6.45) is 10.7. The zero-order valence-electron chi connectivity index (χ0n) is 7.68. The second-order valence-electron chi connectivity index (χ2n) is 4.62. The van der Waals surface area contributed by atoms with E-state index in [2.05, 4.69) is 6.92 Å². The number of hydrogen-bond donors (Lipinski definition) is 0. The van der Waals surface area contributed by atoms with Gasteiger partial charge in [0, 0.05) is 0 Å². The van der Waals surface area contributed by atoms with E-state index in [-0.39, 0.29) is 0 Å². The van der Waals surface area contributed by atoms with Crippen molar-refractivity contribution >= 4 is 0 Å². The summed E-state index contributed by atoms with van der Waals surface area (Å²) in [6.45, 7) is 2.47. The Morgan fingerprint density at radius 1 is 0.818 bits per heavy atom. The summed E-state index contributed by atoms with van der Waals surface area (Å²) >= 11 is 0. The van der Waals surface area contributed by atoms with Gasteiger partial charge in [0.15, 0.2) is 0 Å². The molecule has 0 spiro atoms. The minimum Gasteiger partial charge on any atom is -0.0622 e. The molecule has 2 saturated carbocycles. The molecule has 0 nitrogen and oxygen atoms in total. The molecule has 2 rings (SSSR count). The second-order valence-corrected chi connectivity index (χ2v) is 4.62. The maximum absolute atomic E-state index is 2.47. The molecule has 64 valence electrons. The molecule has 0 amide bonds. The summed E-state index contributed by atoms with van der Waals surface area (Å²) in [7, 11) is 0. The fourth-order valence-corrected chi connectivity index (χ4v) is 3.26. The zero-order chi connectivity index (χ0) is 7.68. The summed E-state index contributed by atoms with van der Waals surface area (Å²) in [4.78, 5) is 0. The van der Waals surface area contributed by atoms with Crippen LogP contribution in [0.15, 0.2) is 0 Å². The third-order valence-corrected chi connectivity index (χ3v) is 3.93. The quantitative estimate of drug-likeness (QED) is 0.497. The lowest BCUT2D eigenvalue weighted by molar-refractivity contribution is 0.114. The Morgan fingerprint density at radius 3 is 2.36 bits per heavy atom. The predicted octanol–water partition coefficient (Wildman–Crippen LogP) is 3.61. The first-order valence-corrected chi connectivity index (χ1v) is 5.38. The van der Waals surface area contributed by atoms with Crippen LogP contribution in [0.3, 0.4) is 0 Å². The normalized spacial score (nSPS) is 45.0. The zero-order valence-corrected chi connectivity index (χ0v) is 7.68. The van der Waals surface area contributed by atoms with Crippen LogP contribution in [-0.4, -0.2) is 0 Å². The van der Waals surface area contributed by atoms with Gasteiger partial charge in [0.1, 0.15) is 0 Å². The van der Waals surface area contributed by atoms with E-state index in [0.717, 1.165) is 17.8 Å². The van der Waals surface area contributed by atoms with E-state index in [0.29, 0.717) is 0 Å². The van der Waals surface area contributed by atoms with E-state index in [1.807, 2.05) is 0 Å². The van der Waals surface area contributed by atoms with Crippen LogP contribution < -0.4 is 0 Å². The van der Waals surface area contributed by atoms with Crippen LogP contribution >= 0.6 is 0 Å². The van der Waals surface area contributed by atoms with E-state index in [1.165, 1.54) is 25.7 Å². The summed E-state index contributed by atoms with van der Waals surface area (Å²) in [5, 5.41) is 0. The van der Waals surface area contributed by atoms with Crippen molar-refractivity contribution in [3.05, 3.63) is 0 Å². The number of fused-ring (bicyclic) bond motifs is 1. The SMILES string of the molecule is C[C@H]1CCC[C@H]2CCCC[C@@H]21. The van der Waals surface area contributed by atoms with E-state index < -0.39 is 0 Å². The third-order valence-electron chi connectivity index (χ3n) is 3.93. The van der Waals surface area contributed by atoms with Crippen LogP contribution in [0.4, 0.5) is 0 Å². The number of hydrogen-bond acceptors (Lipinski definition) is 0. The highest BCUT2D eigenvalue weighted by Gasteiger charge is 2.31. The standard InChI is InChI=1S/C11H20/c1-9-5-4-7-10-6-2-3-8-11(9)10/h9-11H,2-8H2,1H3/t9-,10+,11+/m0/s1. The Kier molecular flexibility index (Phi) is 2.20. The molecule has 2 aliphatic carbocycles. The van der Waals surface area contributed by atoms with Crippen LogP contribution in [0.1, 0.15) is 51.9 Å². The average molecular weight is 152 g/mol. The minimum atomic E-state index is 1.05. The average Bonchev–Trinajstić information content (AvgIpc) is 2.06. The van der Waals surface area contributed by atoms with E-state index >= 15 is 0 Å². The van der Waals surface area contributed by atoms with E-state index in [1.54, 1.807) is 19.3 Å². The van der Waals surface area contributed by atoms with Gasteiger partial charge < -0.3 is 0 Å². The second kappa shape index (κ2) is 3.16. The summed E-state index contributed by atoms with van der Waals surface area (Å²) < 4.78 is 0. The fourth-order valence-electron chi connectivity index (χ4n) is 3.26. The molecule has 0 unspecified atom stereocenters. The van der Waals surface area contributed by atoms with E-state index in [4.69, 9.17) is 0 Å².